The van der Waals surface area contributed by atoms with Crippen molar-refractivity contribution >= 4 is 27.4 Å². The van der Waals surface area contributed by atoms with Crippen LogP contribution in [0.25, 0.3) is 0 Å². The predicted molar refractivity (Wildman–Crippen MR) is 104 cm³/mol. The summed E-state index contributed by atoms with van der Waals surface area (Å²) in [6, 6.07) is 14.4. The van der Waals surface area contributed by atoms with Gasteiger partial charge in [-0.3, -0.25) is 4.79 Å². The van der Waals surface area contributed by atoms with Crippen LogP contribution in [-0.2, 0) is 19.4 Å². The fourth-order valence-electron chi connectivity index (χ4n) is 2.86. The quantitative estimate of drug-likeness (QED) is 0.690. The molecule has 2 aromatic carbocycles. The van der Waals surface area contributed by atoms with Crippen molar-refractivity contribution in [1.29, 1.82) is 0 Å². The fraction of sp³-hybridized carbons (Fsp3) is 0.200. The molecule has 2 aromatic rings. The number of hydrogen-bond acceptors (Lipinski definition) is 6. The van der Waals surface area contributed by atoms with Crippen molar-refractivity contribution < 1.29 is 27.5 Å². The molecule has 0 aliphatic carbocycles. The first-order valence-electron chi connectivity index (χ1n) is 8.49. The monoisotopic (exact) mass is 401 g/mol. The molecule has 0 radical (unpaired) electrons. The molecule has 1 aliphatic rings. The number of carbonyl (C=O) groups excluding carboxylic acids is 2. The molecule has 0 bridgehead atoms. The highest BCUT2D eigenvalue weighted by Crippen LogP contribution is 2.23. The van der Waals surface area contributed by atoms with E-state index in [4.69, 9.17) is 9.47 Å². The Morgan fingerprint density at radius 3 is 2.50 bits per heavy atom. The predicted octanol–water partition coefficient (Wildman–Crippen LogP) is 2.20. The molecule has 3 rings (SSSR count). The van der Waals surface area contributed by atoms with Gasteiger partial charge in [0.05, 0.1) is 24.5 Å². The Labute approximate surface area is 163 Å². The van der Waals surface area contributed by atoms with E-state index in [0.717, 1.165) is 5.41 Å². The third-order valence-corrected chi connectivity index (χ3v) is 5.56. The molecule has 28 heavy (non-hydrogen) atoms. The highest BCUT2D eigenvalue weighted by Gasteiger charge is 2.31. The van der Waals surface area contributed by atoms with Gasteiger partial charge in [-0.2, -0.15) is 0 Å². The maximum atomic E-state index is 12.8. The van der Waals surface area contributed by atoms with Crippen molar-refractivity contribution in [1.82, 2.24) is 0 Å². The Balaban J connectivity index is 1.75. The summed E-state index contributed by atoms with van der Waals surface area (Å²) in [5.74, 6) is -0.908. The molecule has 1 atom stereocenters. The van der Waals surface area contributed by atoms with E-state index in [9.17, 15) is 18.0 Å². The summed E-state index contributed by atoms with van der Waals surface area (Å²) in [7, 11) is -1.88. The van der Waals surface area contributed by atoms with E-state index >= 15 is 0 Å². The summed E-state index contributed by atoms with van der Waals surface area (Å²) >= 11 is 0. The molecule has 0 saturated heterocycles. The third-order valence-electron chi connectivity index (χ3n) is 4.18. The van der Waals surface area contributed by atoms with E-state index in [2.05, 4.69) is 0 Å². The largest absolute Gasteiger partial charge is 0.497 e. The summed E-state index contributed by atoms with van der Waals surface area (Å²) in [6.45, 7) is -0.519. The second-order valence-corrected chi connectivity index (χ2v) is 8.06. The van der Waals surface area contributed by atoms with E-state index in [0.29, 0.717) is 11.4 Å². The van der Waals surface area contributed by atoms with Gasteiger partial charge in [-0.05, 0) is 36.4 Å². The smallest absolute Gasteiger partial charge is 0.338 e. The zero-order valence-corrected chi connectivity index (χ0v) is 16.0. The zero-order valence-electron chi connectivity index (χ0n) is 15.1. The molecule has 0 spiro atoms. The molecule has 0 unspecified atom stereocenters. The summed E-state index contributed by atoms with van der Waals surface area (Å²) < 4.78 is 33.8. The zero-order chi connectivity index (χ0) is 20.1. The number of ether oxygens (including phenoxy) is 2. The van der Waals surface area contributed by atoms with Crippen LogP contribution in [0.2, 0.25) is 0 Å². The van der Waals surface area contributed by atoms with Gasteiger partial charge >= 0.3 is 5.97 Å². The molecule has 0 N–H and O–H groups in total. The average molecular weight is 401 g/mol. The number of amides is 1. The van der Waals surface area contributed by atoms with Crippen LogP contribution in [0.1, 0.15) is 10.4 Å². The Morgan fingerprint density at radius 1 is 1.11 bits per heavy atom. The first kappa shape index (κ1) is 19.6. The van der Waals surface area contributed by atoms with Crippen LogP contribution in [0.3, 0.4) is 0 Å². The van der Waals surface area contributed by atoms with Crippen LogP contribution in [0.5, 0.6) is 5.75 Å². The van der Waals surface area contributed by atoms with Crippen LogP contribution < -0.4 is 9.64 Å². The highest BCUT2D eigenvalue weighted by atomic mass is 32.2. The van der Waals surface area contributed by atoms with Crippen molar-refractivity contribution in [2.75, 3.05) is 24.4 Å². The van der Waals surface area contributed by atoms with Crippen molar-refractivity contribution in [3.05, 3.63) is 71.6 Å². The highest BCUT2D eigenvalue weighted by molar-refractivity contribution is 7.94. The molecule has 1 aliphatic heterocycles. The summed E-state index contributed by atoms with van der Waals surface area (Å²) in [6.07, 6.45) is 1.46. The Hall–Kier alpha value is -3.13. The lowest BCUT2D eigenvalue weighted by Gasteiger charge is -2.27. The minimum absolute atomic E-state index is 0.211. The molecule has 0 aromatic heterocycles. The summed E-state index contributed by atoms with van der Waals surface area (Å²) in [4.78, 5) is 26.4. The van der Waals surface area contributed by atoms with E-state index in [1.165, 1.54) is 24.2 Å². The van der Waals surface area contributed by atoms with Crippen LogP contribution in [0.15, 0.2) is 66.1 Å². The van der Waals surface area contributed by atoms with Gasteiger partial charge in [-0.1, -0.05) is 24.3 Å². The van der Waals surface area contributed by atoms with Gasteiger partial charge in [0.2, 0.25) is 0 Å². The van der Waals surface area contributed by atoms with Gasteiger partial charge in [0, 0.05) is 11.1 Å². The molecular formula is C20H19NO6S. The summed E-state index contributed by atoms with van der Waals surface area (Å²) in [5.41, 5.74) is 0.776. The standard InChI is InChI=1S/C20H19NO6S/c1-26-18-9-5-6-15(12-18)20(23)27-13-19(22)21(16-7-3-2-4-8-16)17-10-11-28(24,25)14-17/h2-12,17H,13-14H2,1H3/t17-/m0/s1. The van der Waals surface area contributed by atoms with Gasteiger partial charge in [0.15, 0.2) is 16.4 Å². The SMILES string of the molecule is COc1cccc(C(=O)OCC(=O)N(c2ccccc2)[C@H]2C=CS(=O)(=O)C2)c1. The van der Waals surface area contributed by atoms with Crippen molar-refractivity contribution in [2.24, 2.45) is 0 Å². The van der Waals surface area contributed by atoms with Crippen LogP contribution >= 0.6 is 0 Å². The molecule has 1 amide bonds. The normalized spacial score (nSPS) is 17.1. The topological polar surface area (TPSA) is 90.0 Å². The molecule has 0 fully saturated rings. The van der Waals surface area contributed by atoms with Crippen molar-refractivity contribution in [3.63, 3.8) is 0 Å². The van der Waals surface area contributed by atoms with Gasteiger partial charge in [0.25, 0.3) is 5.91 Å². The first-order chi connectivity index (χ1) is 13.4. The Kier molecular flexibility index (Phi) is 5.79. The lowest BCUT2D eigenvalue weighted by molar-refractivity contribution is -0.121. The van der Waals surface area contributed by atoms with Gasteiger partial charge in [-0.25, -0.2) is 13.2 Å². The van der Waals surface area contributed by atoms with E-state index in [1.807, 2.05) is 0 Å². The number of methoxy groups -OCH3 is 1. The number of anilines is 1. The molecule has 7 nitrogen and oxygen atoms in total. The van der Waals surface area contributed by atoms with E-state index < -0.39 is 34.4 Å². The van der Waals surface area contributed by atoms with Crippen LogP contribution in [-0.4, -0.2) is 45.8 Å². The number of carbonyl (C=O) groups is 2. The van der Waals surface area contributed by atoms with Gasteiger partial charge < -0.3 is 14.4 Å². The molecular weight excluding hydrogens is 382 g/mol. The molecule has 1 heterocycles. The molecule has 0 saturated carbocycles. The van der Waals surface area contributed by atoms with Crippen LogP contribution in [0, 0.1) is 0 Å². The second-order valence-electron chi connectivity index (χ2n) is 6.13. The Bertz CT molecular complexity index is 1000. The van der Waals surface area contributed by atoms with Crippen LogP contribution in [0.4, 0.5) is 5.69 Å². The van der Waals surface area contributed by atoms with Crippen molar-refractivity contribution in [3.8, 4) is 5.75 Å². The third kappa shape index (κ3) is 4.58. The number of benzene rings is 2. The minimum Gasteiger partial charge on any atom is -0.497 e. The first-order valence-corrected chi connectivity index (χ1v) is 10.2. The lowest BCUT2D eigenvalue weighted by Crippen LogP contribution is -2.43. The Morgan fingerprint density at radius 2 is 1.86 bits per heavy atom. The summed E-state index contributed by atoms with van der Waals surface area (Å²) in [5, 5.41) is 1.10. The molecule has 8 heteroatoms. The maximum Gasteiger partial charge on any atom is 0.338 e. The number of sulfone groups is 1. The number of esters is 1. The van der Waals surface area contributed by atoms with E-state index in [1.54, 1.807) is 48.5 Å². The average Bonchev–Trinajstić information content (AvgIpc) is 3.06. The lowest BCUT2D eigenvalue weighted by atomic mass is 10.2. The number of nitrogens with zero attached hydrogens (tertiary/aromatic N) is 1. The minimum atomic E-state index is -3.36. The fourth-order valence-corrected chi connectivity index (χ4v) is 4.13. The van der Waals surface area contributed by atoms with Gasteiger partial charge in [-0.15, -0.1) is 0 Å². The van der Waals surface area contributed by atoms with Gasteiger partial charge in [0.1, 0.15) is 5.75 Å². The van der Waals surface area contributed by atoms with E-state index in [-0.39, 0.29) is 11.3 Å². The number of rotatable bonds is 6. The maximum absolute atomic E-state index is 12.8. The van der Waals surface area contributed by atoms with Crippen molar-refractivity contribution in [2.45, 2.75) is 6.04 Å². The number of hydrogen-bond donors (Lipinski definition) is 0. The second kappa shape index (κ2) is 8.26. The molecule has 146 valence electrons. The number of para-hydroxylation sites is 1.